The van der Waals surface area contributed by atoms with Crippen LogP contribution in [-0.2, 0) is 13.2 Å². The van der Waals surface area contributed by atoms with Gasteiger partial charge in [-0.05, 0) is 74.6 Å². The third-order valence-corrected chi connectivity index (χ3v) is 6.84. The highest BCUT2D eigenvalue weighted by molar-refractivity contribution is 6.04. The molecule has 0 aliphatic rings. The van der Waals surface area contributed by atoms with Crippen LogP contribution < -0.4 is 19.1 Å². The molecule has 0 N–H and O–H groups in total. The molecule has 0 aliphatic heterocycles. The molecule has 2 amide bonds. The molecule has 9 heteroatoms. The van der Waals surface area contributed by atoms with E-state index < -0.39 is 17.8 Å². The average Bonchev–Trinajstić information content (AvgIpc) is 2.85. The summed E-state index contributed by atoms with van der Waals surface area (Å²) in [6.07, 6.45) is -2.04. The van der Waals surface area contributed by atoms with Gasteiger partial charge in [0, 0.05) is 25.8 Å². The fourth-order valence-corrected chi connectivity index (χ4v) is 4.34. The quantitative estimate of drug-likeness (QED) is 0.294. The number of carbonyl (C=O) groups is 2. The molecule has 3 aromatic rings. The van der Waals surface area contributed by atoms with Gasteiger partial charge in [-0.15, -0.1) is 0 Å². The molecule has 1 heterocycles. The average molecular weight is 515 g/mol. The first-order valence-corrected chi connectivity index (χ1v) is 11.6. The Bertz CT molecular complexity index is 1350. The summed E-state index contributed by atoms with van der Waals surface area (Å²) in [5, 5.41) is 0. The van der Waals surface area contributed by atoms with Crippen LogP contribution >= 0.6 is 0 Å². The molecule has 0 fully saturated rings. The van der Waals surface area contributed by atoms with Gasteiger partial charge in [-0.25, -0.2) is 4.79 Å². The Balaban J connectivity index is 1.99. The van der Waals surface area contributed by atoms with Gasteiger partial charge in [0.15, 0.2) is 6.20 Å². The molecular weight excluding hydrogens is 483 g/mol. The first-order valence-electron chi connectivity index (χ1n) is 11.6. The van der Waals surface area contributed by atoms with Crippen LogP contribution in [0.1, 0.15) is 43.9 Å². The van der Waals surface area contributed by atoms with Crippen molar-refractivity contribution in [2.45, 2.75) is 40.8 Å². The number of hydrogen-bond acceptors (Lipinski definition) is 3. The van der Waals surface area contributed by atoms with Crippen LogP contribution in [0.5, 0.6) is 11.5 Å². The molecule has 0 unspecified atom stereocenters. The molecule has 0 atom stereocenters. The van der Waals surface area contributed by atoms with E-state index in [1.807, 2.05) is 27.7 Å². The second-order valence-electron chi connectivity index (χ2n) is 9.19. The van der Waals surface area contributed by atoms with Gasteiger partial charge in [-0.1, -0.05) is 6.07 Å². The monoisotopic (exact) mass is 514 g/mol. The lowest BCUT2D eigenvalue weighted by Gasteiger charge is -2.30. The number of ether oxygens (including phenoxy) is 1. The van der Waals surface area contributed by atoms with Crippen molar-refractivity contribution in [3.05, 3.63) is 75.6 Å². The molecule has 0 aliphatic carbocycles. The molecular formula is C28H31F3N3O3+. The summed E-state index contributed by atoms with van der Waals surface area (Å²) in [5.41, 5.74) is 3.74. The Morgan fingerprint density at radius 2 is 1.51 bits per heavy atom. The van der Waals surface area contributed by atoms with E-state index in [2.05, 4.69) is 0 Å². The highest BCUT2D eigenvalue weighted by Gasteiger charge is 2.33. The summed E-state index contributed by atoms with van der Waals surface area (Å²) >= 11 is 0. The number of aldehydes is 1. The molecule has 37 heavy (non-hydrogen) atoms. The van der Waals surface area contributed by atoms with Gasteiger partial charge in [0.05, 0.1) is 17.3 Å². The Kier molecular flexibility index (Phi) is 7.67. The molecule has 2 aromatic carbocycles. The highest BCUT2D eigenvalue weighted by atomic mass is 19.4. The fourth-order valence-electron chi connectivity index (χ4n) is 4.34. The van der Waals surface area contributed by atoms with Crippen molar-refractivity contribution in [2.75, 3.05) is 23.9 Å². The number of halogens is 3. The highest BCUT2D eigenvalue weighted by Crippen LogP contribution is 2.40. The summed E-state index contributed by atoms with van der Waals surface area (Å²) in [4.78, 5) is 27.4. The van der Waals surface area contributed by atoms with Crippen molar-refractivity contribution in [3.63, 3.8) is 0 Å². The van der Waals surface area contributed by atoms with Gasteiger partial charge in [0.2, 0.25) is 12.0 Å². The maximum Gasteiger partial charge on any atom is 0.416 e. The van der Waals surface area contributed by atoms with Crippen molar-refractivity contribution >= 4 is 23.7 Å². The van der Waals surface area contributed by atoms with Crippen LogP contribution in [0.25, 0.3) is 0 Å². The number of nitrogens with zero attached hydrogens (tertiary/aromatic N) is 3. The van der Waals surface area contributed by atoms with Crippen molar-refractivity contribution in [1.82, 2.24) is 0 Å². The van der Waals surface area contributed by atoms with Gasteiger partial charge in [0.25, 0.3) is 0 Å². The van der Waals surface area contributed by atoms with Crippen molar-refractivity contribution in [3.8, 4) is 11.5 Å². The van der Waals surface area contributed by atoms with Crippen LogP contribution in [0.4, 0.5) is 29.3 Å². The topological polar surface area (TPSA) is 53.7 Å². The third kappa shape index (κ3) is 5.30. The summed E-state index contributed by atoms with van der Waals surface area (Å²) in [5.74, 6) is 1.12. The molecule has 0 spiro atoms. The third-order valence-electron chi connectivity index (χ3n) is 6.84. The lowest BCUT2D eigenvalue weighted by molar-refractivity contribution is -0.672. The van der Waals surface area contributed by atoms with E-state index in [0.717, 1.165) is 34.6 Å². The first-order chi connectivity index (χ1) is 17.2. The summed E-state index contributed by atoms with van der Waals surface area (Å²) < 4.78 is 48.1. The molecule has 0 saturated heterocycles. The van der Waals surface area contributed by atoms with E-state index in [4.69, 9.17) is 4.74 Å². The molecule has 1 aromatic heterocycles. The number of carbonyl (C=O) groups excluding carboxylic acids is 2. The Labute approximate surface area is 214 Å². The van der Waals surface area contributed by atoms with Crippen molar-refractivity contribution < 1.29 is 32.1 Å². The normalized spacial score (nSPS) is 11.3. The molecule has 6 nitrogen and oxygen atoms in total. The summed E-state index contributed by atoms with van der Waals surface area (Å²) in [6, 6.07) is 6.76. The van der Waals surface area contributed by atoms with Crippen LogP contribution in [-0.4, -0.2) is 26.4 Å². The maximum atomic E-state index is 13.4. The largest absolute Gasteiger partial charge is 0.456 e. The van der Waals surface area contributed by atoms with Crippen LogP contribution in [0.2, 0.25) is 0 Å². The number of alkyl halides is 3. The Morgan fingerprint density at radius 1 is 0.919 bits per heavy atom. The Morgan fingerprint density at radius 3 is 2.05 bits per heavy atom. The summed E-state index contributed by atoms with van der Waals surface area (Å²) in [6.45, 7) is 8.87. The number of anilines is 2. The van der Waals surface area contributed by atoms with Crippen LogP contribution in [0.3, 0.4) is 0 Å². The minimum atomic E-state index is -4.52. The molecule has 196 valence electrons. The first kappa shape index (κ1) is 27.7. The fraction of sp³-hybridized carbons (Fsp3) is 0.321. The lowest BCUT2D eigenvalue weighted by atomic mass is 9.96. The zero-order valence-corrected chi connectivity index (χ0v) is 22.2. The molecule has 0 saturated carbocycles. The standard InChI is InChI=1S/C28H31F3N3O3/c1-16-9-10-21(14-24(16)28(29,30)31)33(7)27(36)34(8)25-17(2)19(4)26(20(5)18(25)3)37-23-11-12-32(6)22(13-23)15-35/h9-15H,1-8H3/q+1. The number of amides is 2. The number of hydrogen-bond donors (Lipinski definition) is 0. The Hall–Kier alpha value is -3.88. The minimum Gasteiger partial charge on any atom is -0.456 e. The zero-order chi connectivity index (χ0) is 27.8. The van der Waals surface area contributed by atoms with Gasteiger partial charge in [-0.3, -0.25) is 14.6 Å². The van der Waals surface area contributed by atoms with Gasteiger partial charge < -0.3 is 4.74 Å². The number of aromatic nitrogens is 1. The molecule has 3 rings (SSSR count). The SMILES string of the molecule is Cc1ccc(N(C)C(=O)N(C)c2c(C)c(C)c(Oc3cc[n+](C)c(C=O)c3)c(C)c2C)cc1C(F)(F)F. The second kappa shape index (κ2) is 10.2. The van der Waals surface area contributed by atoms with E-state index in [9.17, 15) is 22.8 Å². The van der Waals surface area contributed by atoms with E-state index in [1.54, 1.807) is 37.0 Å². The number of urea groups is 1. The number of pyridine rings is 1. The molecule has 0 bridgehead atoms. The predicted octanol–water partition coefficient (Wildman–Crippen LogP) is 6.37. The van der Waals surface area contributed by atoms with Crippen molar-refractivity contribution in [2.24, 2.45) is 7.05 Å². The second-order valence-corrected chi connectivity index (χ2v) is 9.19. The van der Waals surface area contributed by atoms with E-state index in [1.165, 1.54) is 35.9 Å². The van der Waals surface area contributed by atoms with E-state index in [0.29, 0.717) is 22.9 Å². The van der Waals surface area contributed by atoms with E-state index in [-0.39, 0.29) is 11.3 Å². The number of aryl methyl sites for hydroxylation is 2. The zero-order valence-electron chi connectivity index (χ0n) is 22.2. The maximum absolute atomic E-state index is 13.4. The van der Waals surface area contributed by atoms with Crippen LogP contribution in [0.15, 0.2) is 36.5 Å². The van der Waals surface area contributed by atoms with E-state index >= 15 is 0 Å². The van der Waals surface area contributed by atoms with Gasteiger partial charge >= 0.3 is 12.2 Å². The molecule has 0 radical (unpaired) electrons. The van der Waals surface area contributed by atoms with Crippen molar-refractivity contribution in [1.29, 1.82) is 0 Å². The lowest BCUT2D eigenvalue weighted by Crippen LogP contribution is -2.40. The summed E-state index contributed by atoms with van der Waals surface area (Å²) in [7, 11) is 4.81. The van der Waals surface area contributed by atoms with Gasteiger partial charge in [0.1, 0.15) is 18.5 Å². The van der Waals surface area contributed by atoms with Crippen LogP contribution in [0, 0.1) is 34.6 Å². The number of rotatable bonds is 5. The predicted molar refractivity (Wildman–Crippen MR) is 137 cm³/mol. The van der Waals surface area contributed by atoms with Gasteiger partial charge in [-0.2, -0.15) is 17.7 Å². The number of benzene rings is 2. The smallest absolute Gasteiger partial charge is 0.416 e. The minimum absolute atomic E-state index is 0.0893.